The minimum Gasteiger partial charge on any atom is -0.480 e. The van der Waals surface area contributed by atoms with Gasteiger partial charge in [0.25, 0.3) is 0 Å². The van der Waals surface area contributed by atoms with Gasteiger partial charge < -0.3 is 16.2 Å². The second-order valence-corrected chi connectivity index (χ2v) is 6.23. The molecule has 0 radical (unpaired) electrons. The first-order valence-electron chi connectivity index (χ1n) is 8.20. The topological polar surface area (TPSA) is 151 Å². The van der Waals surface area contributed by atoms with Gasteiger partial charge in [0.1, 0.15) is 12.1 Å². The van der Waals surface area contributed by atoms with Gasteiger partial charge in [-0.05, 0) is 31.0 Å². The van der Waals surface area contributed by atoms with Gasteiger partial charge in [-0.25, -0.2) is 29.4 Å². The average molecular weight is 370 g/mol. The van der Waals surface area contributed by atoms with Gasteiger partial charge in [0, 0.05) is 24.2 Å². The Bertz CT molecular complexity index is 875. The van der Waals surface area contributed by atoms with Crippen molar-refractivity contribution in [3.8, 4) is 0 Å². The first kappa shape index (κ1) is 18.2. The van der Waals surface area contributed by atoms with Crippen molar-refractivity contribution in [1.29, 1.82) is 0 Å². The van der Waals surface area contributed by atoms with Crippen molar-refractivity contribution < 1.29 is 19.5 Å². The molecule has 140 valence electrons. The van der Waals surface area contributed by atoms with Crippen molar-refractivity contribution in [1.82, 2.24) is 25.2 Å². The molecule has 27 heavy (non-hydrogen) atoms. The summed E-state index contributed by atoms with van der Waals surface area (Å²) in [6.07, 6.45) is 6.06. The molecule has 0 aliphatic carbocycles. The number of nitrogens with one attached hydrogen (secondary N) is 1. The van der Waals surface area contributed by atoms with Gasteiger partial charge in [-0.2, -0.15) is 0 Å². The smallest absolute Gasteiger partial charge is 0.327 e. The van der Waals surface area contributed by atoms with Crippen LogP contribution in [0.5, 0.6) is 0 Å². The summed E-state index contributed by atoms with van der Waals surface area (Å²) in [6.45, 7) is 1.69. The Morgan fingerprint density at radius 1 is 1.37 bits per heavy atom. The molecule has 1 fully saturated rings. The van der Waals surface area contributed by atoms with Gasteiger partial charge in [-0.1, -0.05) is 0 Å². The van der Waals surface area contributed by atoms with Gasteiger partial charge in [-0.3, -0.25) is 4.79 Å². The molecule has 1 saturated heterocycles. The largest absolute Gasteiger partial charge is 0.480 e. The van der Waals surface area contributed by atoms with E-state index in [1.54, 1.807) is 19.1 Å². The fraction of sp³-hybridized carbons (Fsp3) is 0.294. The Morgan fingerprint density at radius 3 is 2.70 bits per heavy atom. The first-order chi connectivity index (χ1) is 12.9. The van der Waals surface area contributed by atoms with E-state index < -0.39 is 35.9 Å². The number of carboxylic acids is 1. The predicted molar refractivity (Wildman–Crippen MR) is 93.1 cm³/mol. The molecule has 10 nitrogen and oxygen atoms in total. The number of carbonyl (C=O) groups excluding carboxylic acids is 2. The average Bonchev–Trinajstić information content (AvgIpc) is 2.64. The first-order valence-corrected chi connectivity index (χ1v) is 8.20. The second-order valence-electron chi connectivity index (χ2n) is 6.23. The number of carbonyl (C=O) groups is 3. The molecular formula is C17H18N6O4. The molecule has 2 aromatic heterocycles. The van der Waals surface area contributed by atoms with Crippen LogP contribution in [0.2, 0.25) is 0 Å². The number of nitrogens with zero attached hydrogens (tertiary/aromatic N) is 4. The summed E-state index contributed by atoms with van der Waals surface area (Å²) in [4.78, 5) is 48.9. The van der Waals surface area contributed by atoms with Crippen LogP contribution in [0.4, 0.5) is 10.6 Å². The Hall–Kier alpha value is -3.56. The van der Waals surface area contributed by atoms with Gasteiger partial charge in [0.15, 0.2) is 6.04 Å². The van der Waals surface area contributed by atoms with E-state index >= 15 is 0 Å². The summed E-state index contributed by atoms with van der Waals surface area (Å²) in [6, 6.07) is 0.732. The molecule has 0 bridgehead atoms. The lowest BCUT2D eigenvalue weighted by Crippen LogP contribution is -2.68. The lowest BCUT2D eigenvalue weighted by molar-refractivity contribution is -0.165. The number of amides is 3. The molecule has 4 N–H and O–H groups in total. The molecule has 3 unspecified atom stereocenters. The Kier molecular flexibility index (Phi) is 4.97. The third-order valence-corrected chi connectivity index (χ3v) is 4.41. The SMILES string of the molecule is CC(NC(=O)N1C(=O)C(Cc2ccnc(N)c2)C1C(=O)O)c1cncnc1. The van der Waals surface area contributed by atoms with Crippen molar-refractivity contribution in [3.05, 3.63) is 48.2 Å². The number of aromatic nitrogens is 3. The molecule has 1 aliphatic rings. The maximum absolute atomic E-state index is 12.5. The third-order valence-electron chi connectivity index (χ3n) is 4.41. The number of hydrogen-bond donors (Lipinski definition) is 3. The van der Waals surface area contributed by atoms with Crippen LogP contribution in [0, 0.1) is 5.92 Å². The van der Waals surface area contributed by atoms with Crippen LogP contribution in [0.1, 0.15) is 24.1 Å². The van der Waals surface area contributed by atoms with Crippen LogP contribution in [-0.2, 0) is 16.0 Å². The highest BCUT2D eigenvalue weighted by Crippen LogP contribution is 2.31. The van der Waals surface area contributed by atoms with E-state index in [4.69, 9.17) is 5.73 Å². The maximum Gasteiger partial charge on any atom is 0.327 e. The lowest BCUT2D eigenvalue weighted by Gasteiger charge is -2.43. The number of pyridine rings is 1. The molecule has 10 heteroatoms. The van der Waals surface area contributed by atoms with E-state index in [0.29, 0.717) is 11.1 Å². The van der Waals surface area contributed by atoms with E-state index in [-0.39, 0.29) is 12.2 Å². The highest BCUT2D eigenvalue weighted by molar-refractivity contribution is 6.07. The lowest BCUT2D eigenvalue weighted by atomic mass is 9.82. The minimum absolute atomic E-state index is 0.161. The number of aliphatic carboxylic acids is 1. The van der Waals surface area contributed by atoms with E-state index in [1.807, 2.05) is 0 Å². The van der Waals surface area contributed by atoms with Crippen LogP contribution in [0.15, 0.2) is 37.1 Å². The summed E-state index contributed by atoms with van der Waals surface area (Å²) in [5.74, 6) is -2.36. The summed E-state index contributed by atoms with van der Waals surface area (Å²) < 4.78 is 0. The highest BCUT2D eigenvalue weighted by atomic mass is 16.4. The number of likely N-dealkylation sites (tertiary alicyclic amines) is 1. The predicted octanol–water partition coefficient (Wildman–Crippen LogP) is 0.379. The van der Waals surface area contributed by atoms with Crippen molar-refractivity contribution in [3.63, 3.8) is 0 Å². The number of urea groups is 1. The van der Waals surface area contributed by atoms with Gasteiger partial charge in [0.05, 0.1) is 12.0 Å². The van der Waals surface area contributed by atoms with Gasteiger partial charge >= 0.3 is 12.0 Å². The van der Waals surface area contributed by atoms with E-state index in [0.717, 1.165) is 4.90 Å². The van der Waals surface area contributed by atoms with E-state index in [9.17, 15) is 19.5 Å². The van der Waals surface area contributed by atoms with Crippen LogP contribution >= 0.6 is 0 Å². The molecule has 3 amide bonds. The number of hydrogen-bond acceptors (Lipinski definition) is 7. The maximum atomic E-state index is 12.5. The molecular weight excluding hydrogens is 352 g/mol. The van der Waals surface area contributed by atoms with Crippen LogP contribution in [0.25, 0.3) is 0 Å². The number of β-lactam (4-membered cyclic amide) rings is 1. The number of rotatable bonds is 5. The molecule has 2 aromatic rings. The Balaban J connectivity index is 1.71. The minimum atomic E-state index is -1.24. The molecule has 0 saturated carbocycles. The number of anilines is 1. The molecule has 3 atom stereocenters. The number of imide groups is 1. The summed E-state index contributed by atoms with van der Waals surface area (Å²) in [5, 5.41) is 12.1. The zero-order chi connectivity index (χ0) is 19.6. The third kappa shape index (κ3) is 3.68. The van der Waals surface area contributed by atoms with Gasteiger partial charge in [0.2, 0.25) is 5.91 Å². The molecule has 3 heterocycles. The van der Waals surface area contributed by atoms with E-state index in [2.05, 4.69) is 20.3 Å². The fourth-order valence-corrected chi connectivity index (χ4v) is 3.00. The second kappa shape index (κ2) is 7.36. The van der Waals surface area contributed by atoms with Crippen molar-refractivity contribution >= 4 is 23.7 Å². The molecule has 0 aromatic carbocycles. The Morgan fingerprint density at radius 2 is 2.07 bits per heavy atom. The zero-order valence-electron chi connectivity index (χ0n) is 14.4. The highest BCUT2D eigenvalue weighted by Gasteiger charge is 2.54. The fourth-order valence-electron chi connectivity index (χ4n) is 3.00. The number of nitrogen functional groups attached to an aromatic ring is 1. The quantitative estimate of drug-likeness (QED) is 0.639. The zero-order valence-corrected chi connectivity index (χ0v) is 14.4. The number of carboxylic acid groups (broad SMARTS) is 1. The van der Waals surface area contributed by atoms with Gasteiger partial charge in [-0.15, -0.1) is 0 Å². The van der Waals surface area contributed by atoms with Crippen molar-refractivity contribution in [2.24, 2.45) is 5.92 Å². The van der Waals surface area contributed by atoms with Crippen LogP contribution < -0.4 is 11.1 Å². The summed E-state index contributed by atoms with van der Waals surface area (Å²) >= 11 is 0. The number of nitrogens with two attached hydrogens (primary N) is 1. The van der Waals surface area contributed by atoms with Crippen LogP contribution in [-0.4, -0.2) is 48.9 Å². The normalized spacial score (nSPS) is 19.9. The monoisotopic (exact) mass is 370 g/mol. The van der Waals surface area contributed by atoms with Crippen molar-refractivity contribution in [2.45, 2.75) is 25.4 Å². The summed E-state index contributed by atoms with van der Waals surface area (Å²) in [7, 11) is 0. The molecule has 1 aliphatic heterocycles. The summed E-state index contributed by atoms with van der Waals surface area (Å²) in [5.41, 5.74) is 6.93. The van der Waals surface area contributed by atoms with Crippen molar-refractivity contribution in [2.75, 3.05) is 5.73 Å². The molecule has 3 rings (SSSR count). The van der Waals surface area contributed by atoms with E-state index in [1.165, 1.54) is 24.9 Å². The Labute approximate surface area is 154 Å². The molecule has 0 spiro atoms. The standard InChI is InChI=1S/C17H18N6O4/c1-9(11-6-19-8-20-7-11)22-17(27)23-14(16(25)26)12(15(23)24)4-10-2-3-21-13(18)5-10/h2-3,5-9,12,14H,4H2,1H3,(H2,18,21)(H,22,27)(H,25,26). The van der Waals surface area contributed by atoms with Crippen LogP contribution in [0.3, 0.4) is 0 Å².